The van der Waals surface area contributed by atoms with Crippen molar-refractivity contribution in [3.8, 4) is 11.4 Å². The van der Waals surface area contributed by atoms with E-state index in [2.05, 4.69) is 10.1 Å². The molecule has 1 N–H and O–H groups in total. The van der Waals surface area contributed by atoms with Crippen LogP contribution >= 0.6 is 0 Å². The molecular formula is C35H42N6O6. The smallest absolute Gasteiger partial charge is 0.410 e. The summed E-state index contributed by atoms with van der Waals surface area (Å²) in [5.74, 6) is 0.247. The number of likely N-dealkylation sites (tertiary alicyclic amines) is 2. The molecular weight excluding hydrogens is 600 g/mol. The molecule has 0 saturated carbocycles. The second kappa shape index (κ2) is 12.8. The van der Waals surface area contributed by atoms with Crippen LogP contribution in [0.2, 0.25) is 0 Å². The van der Waals surface area contributed by atoms with Gasteiger partial charge in [-0.25, -0.2) is 14.5 Å². The summed E-state index contributed by atoms with van der Waals surface area (Å²) in [4.78, 5) is 48.4. The lowest BCUT2D eigenvalue weighted by Crippen LogP contribution is -2.53. The first kappa shape index (κ1) is 32.2. The van der Waals surface area contributed by atoms with E-state index >= 15 is 0 Å². The van der Waals surface area contributed by atoms with Crippen LogP contribution in [0.1, 0.15) is 51.5 Å². The second-order valence-electron chi connectivity index (χ2n) is 13.6. The van der Waals surface area contributed by atoms with Crippen LogP contribution in [0, 0.1) is 5.92 Å². The Bertz CT molecular complexity index is 1790. The minimum Gasteiger partial charge on any atom is -0.497 e. The summed E-state index contributed by atoms with van der Waals surface area (Å²) in [6.07, 6.45) is 3.73. The summed E-state index contributed by atoms with van der Waals surface area (Å²) >= 11 is 0. The number of methoxy groups -OCH3 is 1. The van der Waals surface area contributed by atoms with Gasteiger partial charge in [0, 0.05) is 38.0 Å². The summed E-state index contributed by atoms with van der Waals surface area (Å²) in [5, 5.41) is 16.3. The molecule has 0 aliphatic carbocycles. The largest absolute Gasteiger partial charge is 0.497 e. The van der Waals surface area contributed by atoms with Gasteiger partial charge in [0.2, 0.25) is 5.91 Å². The summed E-state index contributed by atoms with van der Waals surface area (Å²) < 4.78 is 13.9. The number of rotatable bonds is 6. The van der Waals surface area contributed by atoms with Crippen molar-refractivity contribution < 1.29 is 24.2 Å². The number of hydrogen-bond donors (Lipinski definition) is 1. The topological polar surface area (TPSA) is 132 Å². The zero-order chi connectivity index (χ0) is 33.3. The molecule has 0 radical (unpaired) electrons. The van der Waals surface area contributed by atoms with Gasteiger partial charge in [0.15, 0.2) is 5.65 Å². The monoisotopic (exact) mass is 642 g/mol. The Balaban J connectivity index is 1.13. The predicted molar refractivity (Wildman–Crippen MR) is 176 cm³/mol. The number of amides is 2. The lowest BCUT2D eigenvalue weighted by Gasteiger charge is -2.43. The Morgan fingerprint density at radius 2 is 1.70 bits per heavy atom. The van der Waals surface area contributed by atoms with Crippen LogP contribution < -0.4 is 10.3 Å². The summed E-state index contributed by atoms with van der Waals surface area (Å²) in [6, 6.07) is 17.1. The van der Waals surface area contributed by atoms with Crippen molar-refractivity contribution in [2.24, 2.45) is 5.92 Å². The lowest BCUT2D eigenvalue weighted by atomic mass is 9.79. The predicted octanol–water partition coefficient (Wildman–Crippen LogP) is 3.99. The zero-order valence-electron chi connectivity index (χ0n) is 27.3. The number of carbonyl (C=O) groups is 2. The summed E-state index contributed by atoms with van der Waals surface area (Å²) in [6.45, 7) is 7.14. The highest BCUT2D eigenvalue weighted by Gasteiger charge is 2.42. The standard InChI is InChI=1S/C35H42N6O6/c1-34(2,3)47-33(44)39-17-14-27(29(21-39)24-8-6-5-7-9-24)31(42)38-18-15-35(45,16-19-38)22-40-23-36-30-28(32(40)43)20-37-41(30)25-10-12-26(46-4)13-11-25/h5-13,20,23,27,29,45H,14-19,21-22H2,1-4H3/t27-,29+/m1/s1. The summed E-state index contributed by atoms with van der Waals surface area (Å²) in [7, 11) is 1.60. The average Bonchev–Trinajstić information content (AvgIpc) is 3.50. The van der Waals surface area contributed by atoms with E-state index in [1.807, 2.05) is 80.3 Å². The molecule has 2 atom stereocenters. The Morgan fingerprint density at radius 3 is 2.36 bits per heavy atom. The van der Waals surface area contributed by atoms with Crippen molar-refractivity contribution >= 4 is 23.0 Å². The fraction of sp³-hybridized carbons (Fsp3) is 0.457. The third-order valence-corrected chi connectivity index (χ3v) is 9.15. The molecule has 2 aliphatic rings. The van der Waals surface area contributed by atoms with E-state index in [9.17, 15) is 19.5 Å². The minimum absolute atomic E-state index is 0.0240. The maximum atomic E-state index is 14.0. The number of aliphatic hydroxyl groups is 1. The molecule has 0 bridgehead atoms. The molecule has 0 spiro atoms. The van der Waals surface area contributed by atoms with Gasteiger partial charge < -0.3 is 24.4 Å². The zero-order valence-corrected chi connectivity index (χ0v) is 27.3. The lowest BCUT2D eigenvalue weighted by molar-refractivity contribution is -0.142. The first-order chi connectivity index (χ1) is 22.4. The number of fused-ring (bicyclic) bond motifs is 1. The number of benzene rings is 2. The van der Waals surface area contributed by atoms with Crippen LogP contribution in [0.5, 0.6) is 5.75 Å². The average molecular weight is 643 g/mol. The fourth-order valence-corrected chi connectivity index (χ4v) is 6.60. The van der Waals surface area contributed by atoms with Crippen LogP contribution in [0.25, 0.3) is 16.7 Å². The number of hydrogen-bond acceptors (Lipinski definition) is 8. The third-order valence-electron chi connectivity index (χ3n) is 9.15. The van der Waals surface area contributed by atoms with Crippen molar-refractivity contribution in [3.63, 3.8) is 0 Å². The Labute approximate surface area is 273 Å². The van der Waals surface area contributed by atoms with E-state index in [1.54, 1.807) is 16.7 Å². The maximum absolute atomic E-state index is 14.0. The third kappa shape index (κ3) is 6.87. The molecule has 2 aromatic carbocycles. The van der Waals surface area contributed by atoms with E-state index in [0.29, 0.717) is 62.2 Å². The number of ether oxygens (including phenoxy) is 2. The molecule has 2 aromatic heterocycles. The molecule has 4 heterocycles. The Hall–Kier alpha value is -4.71. The highest BCUT2D eigenvalue weighted by molar-refractivity contribution is 5.81. The maximum Gasteiger partial charge on any atom is 0.410 e. The van der Waals surface area contributed by atoms with Gasteiger partial charge in [-0.05, 0) is 69.9 Å². The molecule has 2 fully saturated rings. The van der Waals surface area contributed by atoms with Crippen LogP contribution in [-0.4, -0.2) is 90.7 Å². The molecule has 4 aromatic rings. The number of piperidine rings is 2. The normalized spacial score (nSPS) is 19.9. The van der Waals surface area contributed by atoms with Crippen molar-refractivity contribution in [1.82, 2.24) is 29.1 Å². The van der Waals surface area contributed by atoms with Gasteiger partial charge in [0.1, 0.15) is 23.1 Å². The molecule has 0 unspecified atom stereocenters. The van der Waals surface area contributed by atoms with Gasteiger partial charge in [0.25, 0.3) is 5.56 Å². The van der Waals surface area contributed by atoms with Crippen LogP contribution in [-0.2, 0) is 16.1 Å². The van der Waals surface area contributed by atoms with E-state index < -0.39 is 11.2 Å². The van der Waals surface area contributed by atoms with Crippen molar-refractivity contribution in [2.45, 2.75) is 63.7 Å². The van der Waals surface area contributed by atoms with Crippen LogP contribution in [0.3, 0.4) is 0 Å². The van der Waals surface area contributed by atoms with Crippen molar-refractivity contribution in [2.75, 3.05) is 33.3 Å². The van der Waals surface area contributed by atoms with Gasteiger partial charge >= 0.3 is 6.09 Å². The van der Waals surface area contributed by atoms with Gasteiger partial charge in [-0.3, -0.25) is 14.2 Å². The fourth-order valence-electron chi connectivity index (χ4n) is 6.60. The molecule has 12 heteroatoms. The first-order valence-corrected chi connectivity index (χ1v) is 16.1. The van der Waals surface area contributed by atoms with Crippen molar-refractivity contribution in [3.05, 3.63) is 83.0 Å². The van der Waals surface area contributed by atoms with E-state index in [-0.39, 0.29) is 35.9 Å². The summed E-state index contributed by atoms with van der Waals surface area (Å²) in [5.41, 5.74) is 0.0962. The molecule has 12 nitrogen and oxygen atoms in total. The van der Waals surface area contributed by atoms with E-state index in [0.717, 1.165) is 11.3 Å². The van der Waals surface area contributed by atoms with Gasteiger partial charge in [-0.15, -0.1) is 0 Å². The number of nitrogens with zero attached hydrogens (tertiary/aromatic N) is 6. The molecule has 2 saturated heterocycles. The van der Waals surface area contributed by atoms with E-state index in [4.69, 9.17) is 9.47 Å². The molecule has 6 rings (SSSR count). The Morgan fingerprint density at radius 1 is 1.00 bits per heavy atom. The van der Waals surface area contributed by atoms with Gasteiger partial charge in [-0.2, -0.15) is 5.10 Å². The first-order valence-electron chi connectivity index (χ1n) is 16.1. The molecule has 2 aliphatic heterocycles. The number of carbonyl (C=O) groups excluding carboxylic acids is 2. The number of aromatic nitrogens is 4. The Kier molecular flexibility index (Phi) is 8.80. The molecule has 47 heavy (non-hydrogen) atoms. The van der Waals surface area contributed by atoms with Gasteiger partial charge in [-0.1, -0.05) is 30.3 Å². The van der Waals surface area contributed by atoms with Crippen LogP contribution in [0.4, 0.5) is 4.79 Å². The van der Waals surface area contributed by atoms with E-state index in [1.165, 1.54) is 17.1 Å². The quantitative estimate of drug-likeness (QED) is 0.334. The minimum atomic E-state index is -1.18. The van der Waals surface area contributed by atoms with Crippen molar-refractivity contribution in [1.29, 1.82) is 0 Å². The highest BCUT2D eigenvalue weighted by Crippen LogP contribution is 2.36. The van der Waals surface area contributed by atoms with Crippen LogP contribution in [0.15, 0.2) is 71.9 Å². The molecule has 248 valence electrons. The second-order valence-corrected chi connectivity index (χ2v) is 13.6. The molecule has 2 amide bonds. The highest BCUT2D eigenvalue weighted by atomic mass is 16.6. The SMILES string of the molecule is COc1ccc(-n2ncc3c(=O)n(CC4(O)CCN(C(=O)[C@@H]5CCN(C(=O)OC(C)(C)C)C[C@H]5c5ccccc5)CC4)cnc32)cc1. The van der Waals surface area contributed by atoms with Gasteiger partial charge in [0.05, 0.1) is 31.1 Å².